The first-order valence-corrected chi connectivity index (χ1v) is 7.55. The Balaban J connectivity index is 1.66. The number of benzene rings is 1. The second-order valence-electron chi connectivity index (χ2n) is 5.47. The molecular formula is C14H13BrFN3O. The molecule has 3 heterocycles. The molecule has 20 heavy (non-hydrogen) atoms. The predicted octanol–water partition coefficient (Wildman–Crippen LogP) is 3.25. The van der Waals surface area contributed by atoms with Gasteiger partial charge in [-0.1, -0.05) is 21.1 Å². The molecule has 3 unspecified atom stereocenters. The van der Waals surface area contributed by atoms with Crippen LogP contribution in [0.1, 0.15) is 31.1 Å². The van der Waals surface area contributed by atoms with Crippen LogP contribution in [0.25, 0.3) is 11.4 Å². The monoisotopic (exact) mass is 337 g/mol. The summed E-state index contributed by atoms with van der Waals surface area (Å²) in [5, 5.41) is 7.55. The van der Waals surface area contributed by atoms with Crippen molar-refractivity contribution >= 4 is 15.9 Å². The molecule has 2 aromatic rings. The van der Waals surface area contributed by atoms with Crippen LogP contribution in [0.15, 0.2) is 27.2 Å². The predicted molar refractivity (Wildman–Crippen MR) is 74.7 cm³/mol. The minimum absolute atomic E-state index is 0.294. The van der Waals surface area contributed by atoms with Crippen molar-refractivity contribution in [3.63, 3.8) is 0 Å². The Morgan fingerprint density at radius 2 is 2.25 bits per heavy atom. The van der Waals surface area contributed by atoms with Crippen LogP contribution >= 0.6 is 15.9 Å². The van der Waals surface area contributed by atoms with Crippen molar-refractivity contribution in [3.8, 4) is 11.4 Å². The topological polar surface area (TPSA) is 51.0 Å². The number of rotatable bonds is 2. The van der Waals surface area contributed by atoms with Gasteiger partial charge in [-0.3, -0.25) is 0 Å². The molecule has 2 fully saturated rings. The number of aromatic nitrogens is 2. The average molecular weight is 338 g/mol. The summed E-state index contributed by atoms with van der Waals surface area (Å²) in [5.74, 6) is 1.09. The van der Waals surface area contributed by atoms with Gasteiger partial charge in [0.05, 0.1) is 5.92 Å². The van der Waals surface area contributed by atoms with Crippen LogP contribution in [0.2, 0.25) is 0 Å². The van der Waals surface area contributed by atoms with E-state index in [2.05, 4.69) is 31.4 Å². The molecule has 1 aromatic heterocycles. The van der Waals surface area contributed by atoms with E-state index < -0.39 is 0 Å². The molecule has 3 atom stereocenters. The number of hydrogen-bond donors (Lipinski definition) is 1. The molecule has 2 aliphatic rings. The van der Waals surface area contributed by atoms with Gasteiger partial charge in [0.15, 0.2) is 0 Å². The van der Waals surface area contributed by atoms with E-state index in [1.807, 2.05) is 0 Å². The normalized spacial score (nSPS) is 28.2. The van der Waals surface area contributed by atoms with Gasteiger partial charge in [-0.25, -0.2) is 4.39 Å². The Labute approximate surface area is 123 Å². The van der Waals surface area contributed by atoms with Gasteiger partial charge in [0, 0.05) is 22.1 Å². The zero-order chi connectivity index (χ0) is 13.7. The van der Waals surface area contributed by atoms with Crippen LogP contribution in [0, 0.1) is 5.82 Å². The van der Waals surface area contributed by atoms with Gasteiger partial charge in [0.25, 0.3) is 0 Å². The first-order chi connectivity index (χ1) is 9.70. The fourth-order valence-electron chi connectivity index (χ4n) is 3.26. The Hall–Kier alpha value is -1.27. The van der Waals surface area contributed by atoms with Crippen molar-refractivity contribution in [2.75, 3.05) is 0 Å². The molecule has 4 rings (SSSR count). The molecule has 6 heteroatoms. The second-order valence-corrected chi connectivity index (χ2v) is 6.32. The van der Waals surface area contributed by atoms with E-state index in [1.165, 1.54) is 18.6 Å². The van der Waals surface area contributed by atoms with Crippen LogP contribution in [-0.2, 0) is 0 Å². The SMILES string of the molecule is Fc1ccc(Br)c(-c2noc(C3CC4CCC3N4)n2)c1. The number of nitrogens with zero attached hydrogens (tertiary/aromatic N) is 2. The summed E-state index contributed by atoms with van der Waals surface area (Å²) in [4.78, 5) is 4.47. The molecule has 0 saturated carbocycles. The highest BCUT2D eigenvalue weighted by Gasteiger charge is 2.42. The third kappa shape index (κ3) is 1.98. The maximum absolute atomic E-state index is 13.3. The van der Waals surface area contributed by atoms with Crippen molar-refractivity contribution in [2.45, 2.75) is 37.3 Å². The fourth-order valence-corrected chi connectivity index (χ4v) is 3.69. The van der Waals surface area contributed by atoms with Gasteiger partial charge in [-0.15, -0.1) is 0 Å². The lowest BCUT2D eigenvalue weighted by Crippen LogP contribution is -2.21. The first-order valence-electron chi connectivity index (χ1n) is 6.76. The lowest BCUT2D eigenvalue weighted by Gasteiger charge is -2.15. The standard InChI is InChI=1S/C14H13BrFN3O/c15-11-3-1-7(16)5-9(11)13-18-14(20-19-13)10-6-8-2-4-12(10)17-8/h1,3,5,8,10,12,17H,2,4,6H2. The van der Waals surface area contributed by atoms with Gasteiger partial charge < -0.3 is 9.84 Å². The summed E-state index contributed by atoms with van der Waals surface area (Å²) >= 11 is 3.39. The largest absolute Gasteiger partial charge is 0.339 e. The van der Waals surface area contributed by atoms with Gasteiger partial charge in [0.1, 0.15) is 5.82 Å². The third-order valence-electron chi connectivity index (χ3n) is 4.23. The average Bonchev–Trinajstić information content (AvgIpc) is 3.15. The molecule has 0 radical (unpaired) electrons. The first kappa shape index (κ1) is 12.5. The molecule has 0 spiro atoms. The van der Waals surface area contributed by atoms with E-state index in [1.54, 1.807) is 6.07 Å². The summed E-state index contributed by atoms with van der Waals surface area (Å²) in [6, 6.07) is 5.50. The van der Waals surface area contributed by atoms with E-state index in [4.69, 9.17) is 4.52 Å². The third-order valence-corrected chi connectivity index (χ3v) is 4.92. The lowest BCUT2D eigenvalue weighted by molar-refractivity contribution is 0.329. The van der Waals surface area contributed by atoms with Crippen LogP contribution < -0.4 is 5.32 Å². The van der Waals surface area contributed by atoms with E-state index >= 15 is 0 Å². The summed E-state index contributed by atoms with van der Waals surface area (Å²) in [6.45, 7) is 0. The quantitative estimate of drug-likeness (QED) is 0.913. The van der Waals surface area contributed by atoms with Gasteiger partial charge >= 0.3 is 0 Å². The van der Waals surface area contributed by atoms with Crippen LogP contribution in [0.5, 0.6) is 0 Å². The molecule has 0 amide bonds. The van der Waals surface area contributed by atoms with E-state index in [9.17, 15) is 4.39 Å². The van der Waals surface area contributed by atoms with E-state index in [-0.39, 0.29) is 5.82 Å². The molecule has 0 aliphatic carbocycles. The van der Waals surface area contributed by atoms with Gasteiger partial charge in [-0.05, 0) is 37.5 Å². The maximum atomic E-state index is 13.3. The molecule has 1 aromatic carbocycles. The number of hydrogen-bond acceptors (Lipinski definition) is 4. The van der Waals surface area contributed by atoms with Gasteiger partial charge in [-0.2, -0.15) is 4.98 Å². The molecule has 1 N–H and O–H groups in total. The smallest absolute Gasteiger partial charge is 0.231 e. The fraction of sp³-hybridized carbons (Fsp3) is 0.429. The van der Waals surface area contributed by atoms with Crippen LogP contribution in [0.3, 0.4) is 0 Å². The summed E-state index contributed by atoms with van der Waals surface area (Å²) in [5.41, 5.74) is 0.621. The van der Waals surface area contributed by atoms with Crippen molar-refractivity contribution in [3.05, 3.63) is 34.4 Å². The summed E-state index contributed by atoms with van der Waals surface area (Å²) in [7, 11) is 0. The van der Waals surface area contributed by atoms with Crippen LogP contribution in [-0.4, -0.2) is 22.2 Å². The molecule has 2 bridgehead atoms. The number of nitrogens with one attached hydrogen (secondary N) is 1. The minimum Gasteiger partial charge on any atom is -0.339 e. The van der Waals surface area contributed by atoms with Crippen molar-refractivity contribution in [1.29, 1.82) is 0 Å². The molecule has 104 valence electrons. The summed E-state index contributed by atoms with van der Waals surface area (Å²) < 4.78 is 19.5. The van der Waals surface area contributed by atoms with Crippen LogP contribution in [0.4, 0.5) is 4.39 Å². The van der Waals surface area contributed by atoms with Crippen molar-refractivity contribution in [1.82, 2.24) is 15.5 Å². The second kappa shape index (κ2) is 4.63. The highest BCUT2D eigenvalue weighted by Crippen LogP contribution is 2.40. The molecule has 2 aliphatic heterocycles. The Kier molecular flexibility index (Phi) is 2.89. The number of halogens is 2. The Morgan fingerprint density at radius 3 is 3.00 bits per heavy atom. The zero-order valence-electron chi connectivity index (χ0n) is 10.6. The number of fused-ring (bicyclic) bond motifs is 2. The molecule has 2 saturated heterocycles. The van der Waals surface area contributed by atoms with Crippen molar-refractivity contribution in [2.24, 2.45) is 0 Å². The highest BCUT2D eigenvalue weighted by molar-refractivity contribution is 9.10. The van der Waals surface area contributed by atoms with E-state index in [0.717, 1.165) is 17.3 Å². The van der Waals surface area contributed by atoms with Gasteiger partial charge in [0.2, 0.25) is 11.7 Å². The van der Waals surface area contributed by atoms with Crippen molar-refractivity contribution < 1.29 is 8.91 Å². The maximum Gasteiger partial charge on any atom is 0.231 e. The molecule has 4 nitrogen and oxygen atoms in total. The molecular weight excluding hydrogens is 325 g/mol. The zero-order valence-corrected chi connectivity index (χ0v) is 12.2. The van der Waals surface area contributed by atoms with E-state index in [0.29, 0.717) is 35.3 Å². The highest BCUT2D eigenvalue weighted by atomic mass is 79.9. The minimum atomic E-state index is -0.309. The Morgan fingerprint density at radius 1 is 1.35 bits per heavy atom. The Bertz CT molecular complexity index is 660. The lowest BCUT2D eigenvalue weighted by atomic mass is 9.89. The summed E-state index contributed by atoms with van der Waals surface area (Å²) in [6.07, 6.45) is 3.45.